The number of hydrogen-bond acceptors (Lipinski definition) is 2. The molecule has 0 unspecified atom stereocenters. The van der Waals surface area contributed by atoms with Gasteiger partial charge in [0.05, 0.1) is 0 Å². The molecule has 0 heterocycles. The average molecular weight is 252 g/mol. The largest absolute Gasteiger partial charge is 0.508 e. The summed E-state index contributed by atoms with van der Waals surface area (Å²) in [5, 5.41) is 9.35. The van der Waals surface area contributed by atoms with E-state index in [-0.39, 0.29) is 11.5 Å². The van der Waals surface area contributed by atoms with Gasteiger partial charge in [-0.15, -0.1) is 0 Å². The van der Waals surface area contributed by atoms with Gasteiger partial charge in [0.15, 0.2) is 5.78 Å². The SMILES string of the molecule is Cc1ccc(C(=O)/C=C/c2cccc(O)c2)c(C)c1. The quantitative estimate of drug-likeness (QED) is 0.664. The van der Waals surface area contributed by atoms with Gasteiger partial charge < -0.3 is 5.11 Å². The molecule has 0 fully saturated rings. The summed E-state index contributed by atoms with van der Waals surface area (Å²) in [4.78, 5) is 12.1. The zero-order valence-electron chi connectivity index (χ0n) is 11.1. The number of aromatic hydroxyl groups is 1. The fourth-order valence-electron chi connectivity index (χ4n) is 1.98. The summed E-state index contributed by atoms with van der Waals surface area (Å²) in [6, 6.07) is 12.6. The molecule has 0 bridgehead atoms. The molecule has 2 nitrogen and oxygen atoms in total. The smallest absolute Gasteiger partial charge is 0.186 e. The van der Waals surface area contributed by atoms with Gasteiger partial charge in [0, 0.05) is 5.56 Å². The zero-order chi connectivity index (χ0) is 13.8. The minimum atomic E-state index is -0.0270. The molecule has 0 aliphatic heterocycles. The van der Waals surface area contributed by atoms with E-state index in [1.54, 1.807) is 24.3 Å². The predicted octanol–water partition coefficient (Wildman–Crippen LogP) is 3.91. The van der Waals surface area contributed by atoms with Crippen molar-refractivity contribution in [1.82, 2.24) is 0 Å². The van der Waals surface area contributed by atoms with E-state index in [1.165, 1.54) is 6.08 Å². The van der Waals surface area contributed by atoms with E-state index < -0.39 is 0 Å². The minimum absolute atomic E-state index is 0.0270. The first kappa shape index (κ1) is 13.1. The molecule has 0 aromatic heterocycles. The Morgan fingerprint density at radius 1 is 1.11 bits per heavy atom. The fourth-order valence-corrected chi connectivity index (χ4v) is 1.98. The summed E-state index contributed by atoms with van der Waals surface area (Å²) < 4.78 is 0. The van der Waals surface area contributed by atoms with E-state index in [2.05, 4.69) is 0 Å². The van der Waals surface area contributed by atoms with E-state index in [1.807, 2.05) is 38.1 Å². The van der Waals surface area contributed by atoms with Crippen LogP contribution in [-0.4, -0.2) is 10.9 Å². The monoisotopic (exact) mass is 252 g/mol. The average Bonchev–Trinajstić information content (AvgIpc) is 2.36. The molecule has 19 heavy (non-hydrogen) atoms. The Labute approximate surface area is 113 Å². The van der Waals surface area contributed by atoms with Crippen molar-refractivity contribution in [2.24, 2.45) is 0 Å². The Balaban J connectivity index is 2.21. The van der Waals surface area contributed by atoms with E-state index in [0.717, 1.165) is 16.7 Å². The third-order valence-corrected chi connectivity index (χ3v) is 2.94. The van der Waals surface area contributed by atoms with Gasteiger partial charge >= 0.3 is 0 Å². The topological polar surface area (TPSA) is 37.3 Å². The highest BCUT2D eigenvalue weighted by Gasteiger charge is 2.05. The van der Waals surface area contributed by atoms with Gasteiger partial charge in [-0.3, -0.25) is 4.79 Å². The second kappa shape index (κ2) is 5.53. The van der Waals surface area contributed by atoms with Crippen molar-refractivity contribution in [1.29, 1.82) is 0 Å². The fraction of sp³-hybridized carbons (Fsp3) is 0.118. The molecular weight excluding hydrogens is 236 g/mol. The van der Waals surface area contributed by atoms with Crippen molar-refractivity contribution in [2.45, 2.75) is 13.8 Å². The summed E-state index contributed by atoms with van der Waals surface area (Å²) in [5.74, 6) is 0.168. The number of phenolic OH excluding ortho intramolecular Hbond substituents is 1. The second-order valence-electron chi connectivity index (χ2n) is 4.61. The summed E-state index contributed by atoms with van der Waals surface area (Å²) in [6.07, 6.45) is 3.24. The highest BCUT2D eigenvalue weighted by Crippen LogP contribution is 2.15. The second-order valence-corrected chi connectivity index (χ2v) is 4.61. The van der Waals surface area contributed by atoms with Crippen LogP contribution in [0, 0.1) is 13.8 Å². The Morgan fingerprint density at radius 2 is 1.89 bits per heavy atom. The maximum atomic E-state index is 12.1. The van der Waals surface area contributed by atoms with Crippen molar-refractivity contribution in [3.63, 3.8) is 0 Å². The van der Waals surface area contributed by atoms with Crippen LogP contribution in [-0.2, 0) is 0 Å². The Morgan fingerprint density at radius 3 is 2.58 bits per heavy atom. The first-order valence-electron chi connectivity index (χ1n) is 6.15. The van der Waals surface area contributed by atoms with Gasteiger partial charge in [-0.05, 0) is 43.2 Å². The first-order chi connectivity index (χ1) is 9.06. The third-order valence-electron chi connectivity index (χ3n) is 2.94. The maximum absolute atomic E-state index is 12.1. The number of benzene rings is 2. The number of rotatable bonds is 3. The van der Waals surface area contributed by atoms with Crippen molar-refractivity contribution >= 4 is 11.9 Å². The van der Waals surface area contributed by atoms with Crippen LogP contribution >= 0.6 is 0 Å². The molecule has 0 amide bonds. The lowest BCUT2D eigenvalue weighted by atomic mass is 10.0. The summed E-state index contributed by atoms with van der Waals surface area (Å²) in [7, 11) is 0. The number of hydrogen-bond donors (Lipinski definition) is 1. The van der Waals surface area contributed by atoms with E-state index in [4.69, 9.17) is 0 Å². The van der Waals surface area contributed by atoms with Gasteiger partial charge in [0.1, 0.15) is 5.75 Å². The van der Waals surface area contributed by atoms with Crippen molar-refractivity contribution in [3.8, 4) is 5.75 Å². The maximum Gasteiger partial charge on any atom is 0.186 e. The van der Waals surface area contributed by atoms with Crippen molar-refractivity contribution in [2.75, 3.05) is 0 Å². The molecule has 2 aromatic rings. The van der Waals surface area contributed by atoms with Crippen LogP contribution in [0.2, 0.25) is 0 Å². The normalized spacial score (nSPS) is 10.8. The molecule has 0 spiro atoms. The third kappa shape index (κ3) is 3.32. The van der Waals surface area contributed by atoms with Crippen LogP contribution < -0.4 is 0 Å². The molecule has 96 valence electrons. The van der Waals surface area contributed by atoms with Crippen LogP contribution in [0.25, 0.3) is 6.08 Å². The highest BCUT2D eigenvalue weighted by molar-refractivity contribution is 6.07. The number of carbonyl (C=O) groups excluding carboxylic acids is 1. The van der Waals surface area contributed by atoms with Crippen molar-refractivity contribution in [3.05, 3.63) is 70.8 Å². The molecule has 0 aliphatic rings. The first-order valence-corrected chi connectivity index (χ1v) is 6.15. The summed E-state index contributed by atoms with van der Waals surface area (Å²) >= 11 is 0. The van der Waals surface area contributed by atoms with E-state index in [9.17, 15) is 9.90 Å². The van der Waals surface area contributed by atoms with Crippen LogP contribution in [0.5, 0.6) is 5.75 Å². The standard InChI is InChI=1S/C17H16O2/c1-12-6-8-16(13(2)10-12)17(19)9-7-14-4-3-5-15(18)11-14/h3-11,18H,1-2H3/b9-7+. The number of phenols is 1. The van der Waals surface area contributed by atoms with Gasteiger partial charge in [0.2, 0.25) is 0 Å². The van der Waals surface area contributed by atoms with Crippen LogP contribution in [0.1, 0.15) is 27.0 Å². The van der Waals surface area contributed by atoms with Crippen LogP contribution in [0.3, 0.4) is 0 Å². The molecule has 0 aliphatic carbocycles. The summed E-state index contributed by atoms with van der Waals surface area (Å²) in [6.45, 7) is 3.94. The Hall–Kier alpha value is -2.35. The van der Waals surface area contributed by atoms with Gasteiger partial charge in [-0.2, -0.15) is 0 Å². The number of carbonyl (C=O) groups is 1. The Kier molecular flexibility index (Phi) is 3.81. The molecule has 2 rings (SSSR count). The molecule has 2 aromatic carbocycles. The van der Waals surface area contributed by atoms with Crippen LogP contribution in [0.4, 0.5) is 0 Å². The predicted molar refractivity (Wildman–Crippen MR) is 77.4 cm³/mol. The van der Waals surface area contributed by atoms with Gasteiger partial charge in [-0.25, -0.2) is 0 Å². The van der Waals surface area contributed by atoms with E-state index in [0.29, 0.717) is 5.56 Å². The molecule has 0 saturated heterocycles. The number of allylic oxidation sites excluding steroid dienone is 1. The lowest BCUT2D eigenvalue weighted by Gasteiger charge is -2.03. The molecule has 0 atom stereocenters. The van der Waals surface area contributed by atoms with Crippen molar-refractivity contribution < 1.29 is 9.90 Å². The van der Waals surface area contributed by atoms with Gasteiger partial charge in [0.25, 0.3) is 0 Å². The zero-order valence-corrected chi connectivity index (χ0v) is 11.1. The minimum Gasteiger partial charge on any atom is -0.508 e. The van der Waals surface area contributed by atoms with E-state index >= 15 is 0 Å². The van der Waals surface area contributed by atoms with Crippen LogP contribution in [0.15, 0.2) is 48.5 Å². The molecule has 0 saturated carbocycles. The Bertz CT molecular complexity index is 639. The van der Waals surface area contributed by atoms with Gasteiger partial charge in [-0.1, -0.05) is 42.0 Å². The number of aryl methyl sites for hydroxylation is 2. The molecular formula is C17H16O2. The molecule has 2 heteroatoms. The molecule has 0 radical (unpaired) electrons. The number of ketones is 1. The highest BCUT2D eigenvalue weighted by atomic mass is 16.3. The lowest BCUT2D eigenvalue weighted by Crippen LogP contribution is -1.97. The summed E-state index contributed by atoms with van der Waals surface area (Å²) in [5.41, 5.74) is 3.64. The molecule has 1 N–H and O–H groups in total. The lowest BCUT2D eigenvalue weighted by molar-refractivity contribution is 0.104.